The van der Waals surface area contributed by atoms with E-state index in [4.69, 9.17) is 4.74 Å². The second-order valence-electron chi connectivity index (χ2n) is 6.37. The second kappa shape index (κ2) is 5.32. The Balaban J connectivity index is 1.66. The molecule has 1 N–H and O–H groups in total. The van der Waals surface area contributed by atoms with Crippen molar-refractivity contribution in [2.45, 2.75) is 19.4 Å². The lowest BCUT2D eigenvalue weighted by atomic mass is 9.73. The molecule has 2 aliphatic heterocycles. The van der Waals surface area contributed by atoms with Gasteiger partial charge in [-0.15, -0.1) is 11.3 Å². The number of carboxylic acids is 1. The molecule has 0 amide bonds. The predicted molar refractivity (Wildman–Crippen MR) is 86.9 cm³/mol. The van der Waals surface area contributed by atoms with E-state index in [0.717, 1.165) is 28.6 Å². The highest BCUT2D eigenvalue weighted by Gasteiger charge is 2.56. The van der Waals surface area contributed by atoms with Crippen LogP contribution in [0.2, 0.25) is 0 Å². The molecule has 120 valence electrons. The molecule has 1 fully saturated rings. The Kier molecular flexibility index (Phi) is 3.39. The fourth-order valence-electron chi connectivity index (χ4n) is 3.76. The summed E-state index contributed by atoms with van der Waals surface area (Å²) in [5, 5.41) is 13.0. The number of likely N-dealkylation sites (tertiary alicyclic amines) is 1. The van der Waals surface area contributed by atoms with E-state index in [1.807, 2.05) is 31.2 Å². The van der Waals surface area contributed by atoms with Crippen LogP contribution in [0.1, 0.15) is 22.2 Å². The van der Waals surface area contributed by atoms with Crippen LogP contribution in [-0.2, 0) is 11.3 Å². The van der Waals surface area contributed by atoms with E-state index in [2.05, 4.69) is 15.3 Å². The van der Waals surface area contributed by atoms with Gasteiger partial charge < -0.3 is 9.84 Å². The zero-order chi connectivity index (χ0) is 16.0. The summed E-state index contributed by atoms with van der Waals surface area (Å²) in [4.78, 5) is 18.7. The Morgan fingerprint density at radius 2 is 2.35 bits per heavy atom. The van der Waals surface area contributed by atoms with Crippen LogP contribution in [-0.4, -0.2) is 40.7 Å². The Hall–Kier alpha value is -1.92. The van der Waals surface area contributed by atoms with Crippen molar-refractivity contribution < 1.29 is 14.6 Å². The third-order valence-electron chi connectivity index (χ3n) is 4.87. The zero-order valence-electron chi connectivity index (χ0n) is 12.9. The van der Waals surface area contributed by atoms with Crippen molar-refractivity contribution in [1.29, 1.82) is 0 Å². The van der Waals surface area contributed by atoms with Crippen LogP contribution in [0.25, 0.3) is 0 Å². The second-order valence-corrected chi connectivity index (χ2v) is 7.43. The van der Waals surface area contributed by atoms with Crippen LogP contribution in [0.15, 0.2) is 29.6 Å². The Morgan fingerprint density at radius 1 is 1.52 bits per heavy atom. The molecular weight excluding hydrogens is 312 g/mol. The molecule has 1 aromatic heterocycles. The molecule has 3 heterocycles. The Morgan fingerprint density at radius 3 is 3.09 bits per heavy atom. The summed E-state index contributed by atoms with van der Waals surface area (Å²) in [7, 11) is 0. The monoisotopic (exact) mass is 330 g/mol. The molecule has 0 spiro atoms. The number of carbonyl (C=O) groups is 1. The van der Waals surface area contributed by atoms with Crippen LogP contribution in [0.3, 0.4) is 0 Å². The molecule has 0 aliphatic carbocycles. The van der Waals surface area contributed by atoms with Gasteiger partial charge in [-0.25, -0.2) is 4.98 Å². The van der Waals surface area contributed by atoms with Gasteiger partial charge in [0.05, 0.1) is 10.7 Å². The summed E-state index contributed by atoms with van der Waals surface area (Å²) in [6.45, 7) is 4.14. The molecule has 4 rings (SSSR count). The number of rotatable bonds is 3. The number of nitrogens with zero attached hydrogens (tertiary/aromatic N) is 2. The largest absolute Gasteiger partial charge is 0.492 e. The van der Waals surface area contributed by atoms with E-state index in [-0.39, 0.29) is 12.5 Å². The first-order valence-electron chi connectivity index (χ1n) is 7.67. The van der Waals surface area contributed by atoms with E-state index in [1.165, 1.54) is 0 Å². The summed E-state index contributed by atoms with van der Waals surface area (Å²) >= 11 is 1.63. The highest BCUT2D eigenvalue weighted by Crippen LogP contribution is 2.49. The van der Waals surface area contributed by atoms with Gasteiger partial charge in [-0.2, -0.15) is 0 Å². The van der Waals surface area contributed by atoms with Gasteiger partial charge in [0.1, 0.15) is 17.8 Å². The van der Waals surface area contributed by atoms with Gasteiger partial charge in [-0.3, -0.25) is 9.69 Å². The van der Waals surface area contributed by atoms with Crippen molar-refractivity contribution in [3.05, 3.63) is 45.9 Å². The van der Waals surface area contributed by atoms with Crippen molar-refractivity contribution >= 4 is 17.3 Å². The molecule has 5 nitrogen and oxygen atoms in total. The van der Waals surface area contributed by atoms with Gasteiger partial charge in [0, 0.05) is 30.9 Å². The minimum Gasteiger partial charge on any atom is -0.492 e. The molecule has 0 bridgehead atoms. The van der Waals surface area contributed by atoms with Gasteiger partial charge in [-0.05, 0) is 18.6 Å². The number of fused-ring (bicyclic) bond motifs is 3. The number of hydrogen-bond donors (Lipinski definition) is 1. The van der Waals surface area contributed by atoms with Crippen LogP contribution in [0.4, 0.5) is 0 Å². The topological polar surface area (TPSA) is 62.7 Å². The molecule has 2 atom stereocenters. The predicted octanol–water partition coefficient (Wildman–Crippen LogP) is 2.51. The van der Waals surface area contributed by atoms with E-state index in [1.54, 1.807) is 11.3 Å². The lowest BCUT2D eigenvalue weighted by Gasteiger charge is -2.35. The number of hydrogen-bond acceptors (Lipinski definition) is 5. The number of thiazole rings is 1. The maximum atomic E-state index is 12.0. The first-order valence-corrected chi connectivity index (χ1v) is 8.55. The molecule has 0 radical (unpaired) electrons. The van der Waals surface area contributed by atoms with Crippen molar-refractivity contribution in [2.24, 2.45) is 5.41 Å². The van der Waals surface area contributed by atoms with E-state index in [0.29, 0.717) is 13.1 Å². The van der Waals surface area contributed by atoms with Gasteiger partial charge in [0.2, 0.25) is 0 Å². The van der Waals surface area contributed by atoms with Gasteiger partial charge in [-0.1, -0.05) is 18.2 Å². The SMILES string of the molecule is Cc1nc(CN2C[C@@H]3c4ccccc4OC[C@]3(C(=O)O)C2)cs1. The number of para-hydroxylation sites is 1. The quantitative estimate of drug-likeness (QED) is 0.937. The highest BCUT2D eigenvalue weighted by molar-refractivity contribution is 7.09. The molecule has 2 aromatic rings. The lowest BCUT2D eigenvalue weighted by molar-refractivity contribution is -0.151. The molecule has 1 saturated heterocycles. The van der Waals surface area contributed by atoms with Gasteiger partial charge >= 0.3 is 5.97 Å². The fourth-order valence-corrected chi connectivity index (χ4v) is 4.37. The molecule has 2 aliphatic rings. The zero-order valence-corrected chi connectivity index (χ0v) is 13.7. The maximum Gasteiger partial charge on any atom is 0.315 e. The van der Waals surface area contributed by atoms with Gasteiger partial charge in [0.15, 0.2) is 0 Å². The third-order valence-corrected chi connectivity index (χ3v) is 5.69. The average molecular weight is 330 g/mol. The summed E-state index contributed by atoms with van der Waals surface area (Å²) in [6, 6.07) is 7.80. The molecule has 1 aromatic carbocycles. The minimum absolute atomic E-state index is 0.0373. The van der Waals surface area contributed by atoms with Crippen molar-refractivity contribution in [3.63, 3.8) is 0 Å². The fraction of sp³-hybridized carbons (Fsp3) is 0.412. The smallest absolute Gasteiger partial charge is 0.315 e. The van der Waals surface area contributed by atoms with Crippen LogP contribution < -0.4 is 4.74 Å². The average Bonchev–Trinajstić information content (AvgIpc) is 3.11. The molecular formula is C17H18N2O3S. The first-order chi connectivity index (χ1) is 11.1. The van der Waals surface area contributed by atoms with Crippen LogP contribution in [0, 0.1) is 12.3 Å². The Labute approximate surface area is 138 Å². The van der Waals surface area contributed by atoms with Crippen molar-refractivity contribution in [1.82, 2.24) is 9.88 Å². The highest BCUT2D eigenvalue weighted by atomic mass is 32.1. The number of aromatic nitrogens is 1. The normalized spacial score (nSPS) is 26.4. The summed E-state index contributed by atoms with van der Waals surface area (Å²) in [5.41, 5.74) is 1.17. The summed E-state index contributed by atoms with van der Waals surface area (Å²) < 4.78 is 5.78. The molecule has 0 saturated carbocycles. The van der Waals surface area contributed by atoms with E-state index in [9.17, 15) is 9.90 Å². The maximum absolute atomic E-state index is 12.0. The lowest BCUT2D eigenvalue weighted by Crippen LogP contribution is -2.45. The van der Waals surface area contributed by atoms with E-state index >= 15 is 0 Å². The molecule has 6 heteroatoms. The van der Waals surface area contributed by atoms with Crippen molar-refractivity contribution in [3.8, 4) is 5.75 Å². The van der Waals surface area contributed by atoms with Crippen molar-refractivity contribution in [2.75, 3.05) is 19.7 Å². The minimum atomic E-state index is -0.862. The summed E-state index contributed by atoms with van der Waals surface area (Å²) in [5.74, 6) is 0.0133. The number of benzene rings is 1. The van der Waals surface area contributed by atoms with Gasteiger partial charge in [0.25, 0.3) is 0 Å². The molecule has 0 unspecified atom stereocenters. The van der Waals surface area contributed by atoms with E-state index < -0.39 is 11.4 Å². The standard InChI is InChI=1S/C17H18N2O3S/c1-11-18-12(8-23-11)6-19-7-14-13-4-2-3-5-15(13)22-10-17(14,9-19)16(20)21/h2-5,8,14H,6-7,9-10H2,1H3,(H,20,21)/t14-,17-/m1/s1. The number of aliphatic carboxylic acids is 1. The van der Waals surface area contributed by atoms with Crippen LogP contribution >= 0.6 is 11.3 Å². The first kappa shape index (κ1) is 14.7. The van der Waals surface area contributed by atoms with Crippen LogP contribution in [0.5, 0.6) is 5.75 Å². The number of ether oxygens (including phenoxy) is 1. The molecule has 23 heavy (non-hydrogen) atoms. The number of aryl methyl sites for hydroxylation is 1. The number of carboxylic acid groups (broad SMARTS) is 1. The summed E-state index contributed by atoms with van der Waals surface area (Å²) in [6.07, 6.45) is 0. The third kappa shape index (κ3) is 2.33. The Bertz CT molecular complexity index is 760.